The Balaban J connectivity index is 1.27. The van der Waals surface area contributed by atoms with Crippen molar-refractivity contribution in [3.63, 3.8) is 0 Å². The second kappa shape index (κ2) is 10.1. The van der Waals surface area contributed by atoms with Gasteiger partial charge in [0.1, 0.15) is 28.1 Å². The van der Waals surface area contributed by atoms with Crippen molar-refractivity contribution < 1.29 is 27.6 Å². The van der Waals surface area contributed by atoms with Crippen molar-refractivity contribution in [1.82, 2.24) is 4.72 Å². The van der Waals surface area contributed by atoms with Gasteiger partial charge in [-0.3, -0.25) is 14.9 Å². The Morgan fingerprint density at radius 2 is 1.74 bits per heavy atom. The highest BCUT2D eigenvalue weighted by atomic mass is 32.2. The minimum absolute atomic E-state index is 0.0398. The number of ether oxygens (including phenoxy) is 1. The summed E-state index contributed by atoms with van der Waals surface area (Å²) in [5.41, 5.74) is 0.142. The summed E-state index contributed by atoms with van der Waals surface area (Å²) in [5, 5.41) is 21.5. The second-order valence-electron chi connectivity index (χ2n) is 7.80. The van der Waals surface area contributed by atoms with Gasteiger partial charge in [0.15, 0.2) is 0 Å². The number of hydrogen-bond acceptors (Lipinski definition) is 8. The van der Waals surface area contributed by atoms with E-state index in [2.05, 4.69) is 4.72 Å². The molecule has 1 aromatic heterocycles. The number of hydrogen-bond donors (Lipinski definition) is 2. The molecule has 0 spiro atoms. The van der Waals surface area contributed by atoms with Gasteiger partial charge in [-0.25, -0.2) is 13.1 Å². The van der Waals surface area contributed by atoms with Crippen molar-refractivity contribution in [2.45, 2.75) is 24.2 Å². The summed E-state index contributed by atoms with van der Waals surface area (Å²) in [6, 6.07) is 14.4. The number of nitro groups is 1. The third kappa shape index (κ3) is 5.42. The zero-order valence-corrected chi connectivity index (χ0v) is 19.3. The number of non-ortho nitro benzene ring substituents is 1. The van der Waals surface area contributed by atoms with Crippen LogP contribution in [0.15, 0.2) is 74.8 Å². The number of nitrogens with one attached hydrogen (secondary N) is 1. The summed E-state index contributed by atoms with van der Waals surface area (Å²) < 4.78 is 38.4. The molecule has 3 aromatic carbocycles. The van der Waals surface area contributed by atoms with Gasteiger partial charge in [0, 0.05) is 30.8 Å². The van der Waals surface area contributed by atoms with Crippen LogP contribution < -0.4 is 14.9 Å². The molecule has 35 heavy (non-hydrogen) atoms. The van der Waals surface area contributed by atoms with Crippen LogP contribution in [0.4, 0.5) is 5.69 Å². The Kier molecular flexibility index (Phi) is 6.99. The van der Waals surface area contributed by atoms with E-state index in [0.29, 0.717) is 42.6 Å². The van der Waals surface area contributed by atoms with Gasteiger partial charge in [-0.15, -0.1) is 0 Å². The average Bonchev–Trinajstić information content (AvgIpc) is 2.83. The van der Waals surface area contributed by atoms with E-state index >= 15 is 0 Å². The molecule has 0 fully saturated rings. The van der Waals surface area contributed by atoms with E-state index in [1.165, 1.54) is 18.2 Å². The third-order valence-electron chi connectivity index (χ3n) is 5.37. The molecule has 4 rings (SSSR count). The zero-order chi connectivity index (χ0) is 25.0. The zero-order valence-electron chi connectivity index (χ0n) is 18.5. The average molecular weight is 499 g/mol. The molecule has 0 aliphatic heterocycles. The molecule has 182 valence electrons. The number of nitro benzene ring substituents is 1. The van der Waals surface area contributed by atoms with Crippen LogP contribution in [0.1, 0.15) is 19.3 Å². The number of unbranched alkanes of at least 4 members (excludes halogenated alkanes) is 2. The molecule has 0 aliphatic rings. The SMILES string of the molecule is O=c1c2ccccc2oc2cc(OCCCCCNS(=O)(=O)c3ccc([N+](=O)[O-])cc3)cc(O)c12. The van der Waals surface area contributed by atoms with Gasteiger partial charge in [-0.2, -0.15) is 0 Å². The molecule has 0 saturated heterocycles. The Labute approximate surface area is 200 Å². The standard InChI is InChI=1S/C24H22N2O8S/c27-20-14-17(15-22-23(20)24(28)19-6-2-3-7-21(19)34-22)33-13-5-1-4-12-25-35(31,32)18-10-8-16(9-11-18)26(29)30/h2-3,6-11,14-15,25,27H,1,4-5,12-13H2. The first kappa shape index (κ1) is 24.2. The highest BCUT2D eigenvalue weighted by Gasteiger charge is 2.15. The van der Waals surface area contributed by atoms with Crippen molar-refractivity contribution in [3.8, 4) is 11.5 Å². The number of nitrogens with zero attached hydrogens (tertiary/aromatic N) is 1. The molecule has 0 radical (unpaired) electrons. The van der Waals surface area contributed by atoms with E-state index in [1.54, 1.807) is 30.3 Å². The summed E-state index contributed by atoms with van der Waals surface area (Å²) in [5.74, 6) is 0.130. The Morgan fingerprint density at radius 1 is 1.00 bits per heavy atom. The lowest BCUT2D eigenvalue weighted by molar-refractivity contribution is -0.384. The molecule has 0 saturated carbocycles. The highest BCUT2D eigenvalue weighted by molar-refractivity contribution is 7.89. The van der Waals surface area contributed by atoms with Crippen LogP contribution in [0, 0.1) is 10.1 Å². The number of fused-ring (bicyclic) bond motifs is 2. The first-order valence-electron chi connectivity index (χ1n) is 10.8. The van der Waals surface area contributed by atoms with Gasteiger partial charge in [0.05, 0.1) is 21.8 Å². The molecular weight excluding hydrogens is 476 g/mol. The summed E-state index contributed by atoms with van der Waals surface area (Å²) in [6.45, 7) is 0.520. The fourth-order valence-electron chi connectivity index (χ4n) is 3.60. The van der Waals surface area contributed by atoms with Crippen molar-refractivity contribution in [1.29, 1.82) is 0 Å². The summed E-state index contributed by atoms with van der Waals surface area (Å²) >= 11 is 0. The largest absolute Gasteiger partial charge is 0.507 e. The second-order valence-corrected chi connectivity index (χ2v) is 9.57. The van der Waals surface area contributed by atoms with E-state index in [4.69, 9.17) is 9.15 Å². The highest BCUT2D eigenvalue weighted by Crippen LogP contribution is 2.30. The van der Waals surface area contributed by atoms with Crippen molar-refractivity contribution in [2.75, 3.05) is 13.2 Å². The lowest BCUT2D eigenvalue weighted by atomic mass is 10.1. The number of para-hydroxylation sites is 1. The minimum Gasteiger partial charge on any atom is -0.507 e. The van der Waals surface area contributed by atoms with Crippen LogP contribution in [0.5, 0.6) is 11.5 Å². The van der Waals surface area contributed by atoms with Crippen molar-refractivity contribution in [2.24, 2.45) is 0 Å². The molecule has 0 bridgehead atoms. The maximum Gasteiger partial charge on any atom is 0.269 e. The molecule has 0 atom stereocenters. The number of benzene rings is 3. The van der Waals surface area contributed by atoms with E-state index in [1.807, 2.05) is 0 Å². The molecule has 10 nitrogen and oxygen atoms in total. The van der Waals surface area contributed by atoms with E-state index in [0.717, 1.165) is 12.1 Å². The summed E-state index contributed by atoms with van der Waals surface area (Å²) in [4.78, 5) is 22.7. The van der Waals surface area contributed by atoms with Crippen LogP contribution in [-0.2, 0) is 10.0 Å². The van der Waals surface area contributed by atoms with Crippen LogP contribution in [-0.4, -0.2) is 31.6 Å². The lowest BCUT2D eigenvalue weighted by Crippen LogP contribution is -2.24. The first-order chi connectivity index (χ1) is 16.8. The number of aromatic hydroxyl groups is 1. The molecule has 4 aromatic rings. The molecular formula is C24H22N2O8S. The third-order valence-corrected chi connectivity index (χ3v) is 6.85. The number of phenolic OH excluding ortho intramolecular Hbond substituents is 1. The van der Waals surface area contributed by atoms with Crippen LogP contribution in [0.3, 0.4) is 0 Å². The Morgan fingerprint density at radius 3 is 2.49 bits per heavy atom. The maximum atomic E-state index is 12.6. The van der Waals surface area contributed by atoms with Gasteiger partial charge in [0.2, 0.25) is 15.5 Å². The quantitative estimate of drug-likeness (QED) is 0.144. The number of rotatable bonds is 10. The minimum atomic E-state index is -3.75. The van der Waals surface area contributed by atoms with Gasteiger partial charge in [0.25, 0.3) is 5.69 Å². The van der Waals surface area contributed by atoms with Gasteiger partial charge >= 0.3 is 0 Å². The summed E-state index contributed by atoms with van der Waals surface area (Å²) in [6.07, 6.45) is 1.85. The van der Waals surface area contributed by atoms with E-state index in [-0.39, 0.29) is 39.3 Å². The summed E-state index contributed by atoms with van der Waals surface area (Å²) in [7, 11) is -3.75. The van der Waals surface area contributed by atoms with Crippen LogP contribution in [0.25, 0.3) is 21.9 Å². The molecule has 2 N–H and O–H groups in total. The topological polar surface area (TPSA) is 149 Å². The fourth-order valence-corrected chi connectivity index (χ4v) is 4.67. The van der Waals surface area contributed by atoms with E-state index in [9.17, 15) is 28.4 Å². The predicted octanol–water partition coefficient (Wildman–Crippen LogP) is 4.09. The van der Waals surface area contributed by atoms with Crippen molar-refractivity contribution >= 4 is 37.6 Å². The van der Waals surface area contributed by atoms with E-state index < -0.39 is 14.9 Å². The normalized spacial score (nSPS) is 11.7. The van der Waals surface area contributed by atoms with Gasteiger partial charge in [-0.05, 0) is 43.5 Å². The first-order valence-corrected chi connectivity index (χ1v) is 12.3. The van der Waals surface area contributed by atoms with Crippen LogP contribution >= 0.6 is 0 Å². The van der Waals surface area contributed by atoms with Gasteiger partial charge < -0.3 is 14.3 Å². The smallest absolute Gasteiger partial charge is 0.269 e. The molecule has 0 amide bonds. The predicted molar refractivity (Wildman–Crippen MR) is 129 cm³/mol. The molecule has 11 heteroatoms. The fraction of sp³-hybridized carbons (Fsp3) is 0.208. The number of phenols is 1. The van der Waals surface area contributed by atoms with Gasteiger partial charge in [-0.1, -0.05) is 12.1 Å². The molecule has 0 unspecified atom stereocenters. The maximum absolute atomic E-state index is 12.6. The van der Waals surface area contributed by atoms with Crippen LogP contribution in [0.2, 0.25) is 0 Å². The molecule has 1 heterocycles. The Bertz CT molecular complexity index is 1550. The number of sulfonamides is 1. The Hall–Kier alpha value is -3.96. The molecule has 0 aliphatic carbocycles. The monoisotopic (exact) mass is 498 g/mol. The van der Waals surface area contributed by atoms with Crippen molar-refractivity contribution in [3.05, 3.63) is 81.0 Å². The lowest BCUT2D eigenvalue weighted by Gasteiger charge is -2.09.